The third kappa shape index (κ3) is 5.37. The SMILES string of the molecule is CCc1nn(-c2cc(OC(C)C(F)(F)F)c(C(=O)Nc3c(F)cccc3F)cc2F)c(=O)n1CCO. The first-order chi connectivity index (χ1) is 16.9. The molecule has 0 fully saturated rings. The Kier molecular flexibility index (Phi) is 7.77. The molecule has 0 aliphatic heterocycles. The number of aryl methyl sites for hydroxylation is 1. The minimum absolute atomic E-state index is 0.149. The van der Waals surface area contributed by atoms with Gasteiger partial charge in [0.25, 0.3) is 5.91 Å². The largest absolute Gasteiger partial charge is 0.480 e. The van der Waals surface area contributed by atoms with Gasteiger partial charge in [0.1, 0.15) is 40.4 Å². The molecule has 0 radical (unpaired) electrons. The van der Waals surface area contributed by atoms with Crippen molar-refractivity contribution in [1.29, 1.82) is 0 Å². The number of carbonyl (C=O) groups excluding carboxylic acids is 1. The van der Waals surface area contributed by atoms with Crippen LogP contribution in [0.2, 0.25) is 0 Å². The zero-order valence-electron chi connectivity index (χ0n) is 18.9. The van der Waals surface area contributed by atoms with Crippen LogP contribution >= 0.6 is 0 Å². The highest BCUT2D eigenvalue weighted by Crippen LogP contribution is 2.31. The molecule has 2 N–H and O–H groups in total. The number of nitrogens with zero attached hydrogens (tertiary/aromatic N) is 3. The minimum Gasteiger partial charge on any atom is -0.480 e. The lowest BCUT2D eigenvalue weighted by Gasteiger charge is -2.20. The quantitative estimate of drug-likeness (QED) is 0.445. The Balaban J connectivity index is 2.16. The van der Waals surface area contributed by atoms with Crippen molar-refractivity contribution in [2.45, 2.75) is 39.1 Å². The number of amides is 1. The number of alkyl halides is 3. The van der Waals surface area contributed by atoms with Crippen molar-refractivity contribution in [3.05, 3.63) is 69.7 Å². The molecule has 1 heterocycles. The van der Waals surface area contributed by atoms with E-state index in [4.69, 9.17) is 4.74 Å². The first-order valence-corrected chi connectivity index (χ1v) is 10.5. The van der Waals surface area contributed by atoms with Crippen LogP contribution in [0.1, 0.15) is 30.0 Å². The molecule has 14 heteroatoms. The monoisotopic (exact) mass is 518 g/mol. The van der Waals surface area contributed by atoms with Crippen molar-refractivity contribution in [1.82, 2.24) is 14.3 Å². The van der Waals surface area contributed by atoms with Gasteiger partial charge in [-0.3, -0.25) is 9.36 Å². The van der Waals surface area contributed by atoms with Crippen LogP contribution in [0.15, 0.2) is 35.1 Å². The van der Waals surface area contributed by atoms with Gasteiger partial charge in [-0.05, 0) is 25.1 Å². The predicted molar refractivity (Wildman–Crippen MR) is 115 cm³/mol. The number of ether oxygens (including phenoxy) is 1. The number of halogens is 6. The van der Waals surface area contributed by atoms with Gasteiger partial charge in [-0.1, -0.05) is 13.0 Å². The third-order valence-corrected chi connectivity index (χ3v) is 5.07. The van der Waals surface area contributed by atoms with E-state index in [1.807, 2.05) is 5.32 Å². The van der Waals surface area contributed by atoms with Gasteiger partial charge in [-0.2, -0.15) is 17.9 Å². The smallest absolute Gasteiger partial charge is 0.425 e. The standard InChI is InChI=1S/C22H20F6N4O4/c1-3-18-30-32(21(35)31(18)7-8-33)16-10-17(36-11(2)22(26,27)28)12(9-15(16)25)20(34)29-19-13(23)5-4-6-14(19)24/h4-6,9-11,33H,3,7-8H2,1-2H3,(H,29,34). The Morgan fingerprint density at radius 1 is 1.17 bits per heavy atom. The maximum Gasteiger partial charge on any atom is 0.425 e. The van der Waals surface area contributed by atoms with Crippen molar-refractivity contribution in [2.24, 2.45) is 0 Å². The molecule has 1 aromatic heterocycles. The van der Waals surface area contributed by atoms with E-state index in [0.717, 1.165) is 22.8 Å². The zero-order valence-corrected chi connectivity index (χ0v) is 18.9. The number of para-hydroxylation sites is 1. The number of aliphatic hydroxyl groups excluding tert-OH is 1. The molecule has 1 amide bonds. The van der Waals surface area contributed by atoms with Crippen molar-refractivity contribution >= 4 is 11.6 Å². The molecule has 8 nitrogen and oxygen atoms in total. The molecule has 0 spiro atoms. The first-order valence-electron chi connectivity index (χ1n) is 10.5. The summed E-state index contributed by atoms with van der Waals surface area (Å²) in [6.07, 6.45) is -7.18. The summed E-state index contributed by atoms with van der Waals surface area (Å²) in [6, 6.07) is 3.79. The fourth-order valence-electron chi connectivity index (χ4n) is 3.22. The molecule has 1 unspecified atom stereocenters. The Morgan fingerprint density at radius 2 is 1.81 bits per heavy atom. The van der Waals surface area contributed by atoms with Crippen LogP contribution in [0, 0.1) is 17.5 Å². The van der Waals surface area contributed by atoms with Crippen LogP contribution < -0.4 is 15.7 Å². The van der Waals surface area contributed by atoms with Gasteiger partial charge in [-0.15, -0.1) is 5.10 Å². The van der Waals surface area contributed by atoms with E-state index < -0.39 is 70.6 Å². The van der Waals surface area contributed by atoms with Gasteiger partial charge in [0.2, 0.25) is 0 Å². The van der Waals surface area contributed by atoms with Crippen LogP contribution in [0.5, 0.6) is 5.75 Å². The molecular weight excluding hydrogens is 498 g/mol. The number of anilines is 1. The normalized spacial score (nSPS) is 12.5. The van der Waals surface area contributed by atoms with Gasteiger partial charge in [-0.25, -0.2) is 18.0 Å². The second-order valence-electron chi connectivity index (χ2n) is 7.49. The lowest BCUT2D eigenvalue weighted by Crippen LogP contribution is -2.32. The molecule has 0 saturated carbocycles. The van der Waals surface area contributed by atoms with E-state index in [2.05, 4.69) is 5.10 Å². The van der Waals surface area contributed by atoms with Gasteiger partial charge in [0, 0.05) is 12.5 Å². The van der Waals surface area contributed by atoms with Crippen LogP contribution in [0.3, 0.4) is 0 Å². The second kappa shape index (κ2) is 10.4. The molecule has 0 bridgehead atoms. The highest BCUT2D eigenvalue weighted by molar-refractivity contribution is 6.06. The van der Waals surface area contributed by atoms with Gasteiger partial charge >= 0.3 is 11.9 Å². The molecule has 1 atom stereocenters. The van der Waals surface area contributed by atoms with Crippen molar-refractivity contribution in [2.75, 3.05) is 11.9 Å². The number of hydrogen-bond acceptors (Lipinski definition) is 5. The van der Waals surface area contributed by atoms with Crippen LogP contribution in [0.25, 0.3) is 5.69 Å². The predicted octanol–water partition coefficient (Wildman–Crippen LogP) is 3.59. The van der Waals surface area contributed by atoms with Gasteiger partial charge < -0.3 is 15.2 Å². The zero-order chi connectivity index (χ0) is 26.8. The van der Waals surface area contributed by atoms with E-state index in [0.29, 0.717) is 23.7 Å². The summed E-state index contributed by atoms with van der Waals surface area (Å²) in [5.74, 6) is -5.68. The lowest BCUT2D eigenvalue weighted by atomic mass is 10.1. The van der Waals surface area contributed by atoms with Crippen LogP contribution in [-0.4, -0.2) is 44.2 Å². The number of rotatable bonds is 8. The fraction of sp³-hybridized carbons (Fsp3) is 0.318. The van der Waals surface area contributed by atoms with Crippen LogP contribution in [-0.2, 0) is 13.0 Å². The van der Waals surface area contributed by atoms with Crippen molar-refractivity contribution in [3.63, 3.8) is 0 Å². The number of aromatic nitrogens is 3. The van der Waals surface area contributed by atoms with E-state index in [1.165, 1.54) is 0 Å². The molecule has 2 aromatic carbocycles. The molecule has 3 aromatic rings. The lowest BCUT2D eigenvalue weighted by molar-refractivity contribution is -0.189. The summed E-state index contributed by atoms with van der Waals surface area (Å²) in [5.41, 5.74) is -3.29. The number of benzene rings is 2. The summed E-state index contributed by atoms with van der Waals surface area (Å²) < 4.78 is 89.0. The molecule has 0 saturated heterocycles. The summed E-state index contributed by atoms with van der Waals surface area (Å²) in [7, 11) is 0. The number of carbonyl (C=O) groups is 1. The van der Waals surface area contributed by atoms with Crippen LogP contribution in [0.4, 0.5) is 32.0 Å². The minimum atomic E-state index is -4.89. The summed E-state index contributed by atoms with van der Waals surface area (Å²) >= 11 is 0. The molecule has 36 heavy (non-hydrogen) atoms. The molecule has 0 aliphatic rings. The van der Waals surface area contributed by atoms with E-state index in [9.17, 15) is 36.6 Å². The Hall–Kier alpha value is -3.81. The van der Waals surface area contributed by atoms with E-state index in [-0.39, 0.29) is 18.8 Å². The maximum absolute atomic E-state index is 15.1. The summed E-state index contributed by atoms with van der Waals surface area (Å²) in [5, 5.41) is 15.0. The first kappa shape index (κ1) is 26.8. The number of hydrogen-bond donors (Lipinski definition) is 2. The fourth-order valence-corrected chi connectivity index (χ4v) is 3.22. The number of nitrogens with one attached hydrogen (secondary N) is 1. The Bertz CT molecular complexity index is 1320. The highest BCUT2D eigenvalue weighted by atomic mass is 19.4. The van der Waals surface area contributed by atoms with Crippen molar-refractivity contribution < 1.29 is 41.0 Å². The topological polar surface area (TPSA) is 98.4 Å². The average Bonchev–Trinajstić information content (AvgIpc) is 3.12. The highest BCUT2D eigenvalue weighted by Gasteiger charge is 2.39. The second-order valence-corrected chi connectivity index (χ2v) is 7.49. The summed E-state index contributed by atoms with van der Waals surface area (Å²) in [6.45, 7) is 1.64. The number of aliphatic hydroxyl groups is 1. The Labute approximate surface area is 199 Å². The Morgan fingerprint density at radius 3 is 2.36 bits per heavy atom. The molecular formula is C22H20F6N4O4. The van der Waals surface area contributed by atoms with E-state index in [1.54, 1.807) is 6.92 Å². The van der Waals surface area contributed by atoms with E-state index >= 15 is 4.39 Å². The maximum atomic E-state index is 15.1. The van der Waals surface area contributed by atoms with Crippen molar-refractivity contribution in [3.8, 4) is 11.4 Å². The average molecular weight is 518 g/mol. The van der Waals surface area contributed by atoms with Gasteiger partial charge in [0.05, 0.1) is 18.7 Å². The molecule has 0 aliphatic carbocycles. The third-order valence-electron chi connectivity index (χ3n) is 5.07. The molecule has 3 rings (SSSR count). The summed E-state index contributed by atoms with van der Waals surface area (Å²) in [4.78, 5) is 25.5. The van der Waals surface area contributed by atoms with Gasteiger partial charge in [0.15, 0.2) is 6.10 Å². The molecule has 194 valence electrons.